The van der Waals surface area contributed by atoms with Gasteiger partial charge in [-0.05, 0) is 19.1 Å². The number of ether oxygens (including phenoxy) is 1. The number of nitrogens with zero attached hydrogens (tertiary/aromatic N) is 2. The lowest BCUT2D eigenvalue weighted by molar-refractivity contribution is -0.133. The number of rotatable bonds is 3. The van der Waals surface area contributed by atoms with Crippen molar-refractivity contribution in [2.24, 2.45) is 0 Å². The van der Waals surface area contributed by atoms with Gasteiger partial charge >= 0.3 is 0 Å². The van der Waals surface area contributed by atoms with Crippen molar-refractivity contribution < 1.29 is 14.3 Å². The minimum atomic E-state index is -0.256. The number of nitrogens with two attached hydrogens (primary N) is 1. The Morgan fingerprint density at radius 2 is 2.15 bits per heavy atom. The van der Waals surface area contributed by atoms with Crippen molar-refractivity contribution in [2.75, 3.05) is 39.0 Å². The normalized spacial score (nSPS) is 15.4. The van der Waals surface area contributed by atoms with Gasteiger partial charge in [0, 0.05) is 25.8 Å². The van der Waals surface area contributed by atoms with E-state index in [2.05, 4.69) is 0 Å². The molecule has 0 radical (unpaired) electrons. The number of anilines is 1. The van der Waals surface area contributed by atoms with Crippen molar-refractivity contribution in [3.8, 4) is 5.75 Å². The predicted octanol–water partition coefficient (Wildman–Crippen LogP) is 0.582. The summed E-state index contributed by atoms with van der Waals surface area (Å²) in [6.45, 7) is 3.40. The zero-order chi connectivity index (χ0) is 14.7. The van der Waals surface area contributed by atoms with E-state index in [-0.39, 0.29) is 18.4 Å². The summed E-state index contributed by atoms with van der Waals surface area (Å²) in [4.78, 5) is 27.4. The Bertz CT molecular complexity index is 530. The van der Waals surface area contributed by atoms with Crippen LogP contribution >= 0.6 is 0 Å². The molecule has 1 fully saturated rings. The van der Waals surface area contributed by atoms with Crippen LogP contribution < -0.4 is 10.5 Å². The molecule has 2 amide bonds. The molecule has 0 spiro atoms. The van der Waals surface area contributed by atoms with Gasteiger partial charge < -0.3 is 20.3 Å². The SMILES string of the molecule is CCOc1cccc(N)c1C(=O)N1CCN(C)C(=O)C1. The van der Waals surface area contributed by atoms with Crippen LogP contribution in [0.2, 0.25) is 0 Å². The minimum Gasteiger partial charge on any atom is -0.493 e. The number of hydrogen-bond donors (Lipinski definition) is 1. The molecule has 0 unspecified atom stereocenters. The van der Waals surface area contributed by atoms with Gasteiger partial charge in [-0.15, -0.1) is 0 Å². The first-order valence-corrected chi connectivity index (χ1v) is 6.59. The highest BCUT2D eigenvalue weighted by Gasteiger charge is 2.28. The van der Waals surface area contributed by atoms with Crippen LogP contribution in [0.4, 0.5) is 5.69 Å². The van der Waals surface area contributed by atoms with E-state index in [0.717, 1.165) is 0 Å². The Balaban J connectivity index is 2.27. The molecular formula is C14H19N3O3. The van der Waals surface area contributed by atoms with Gasteiger partial charge in [-0.2, -0.15) is 0 Å². The highest BCUT2D eigenvalue weighted by atomic mass is 16.5. The van der Waals surface area contributed by atoms with Gasteiger partial charge in [0.2, 0.25) is 5.91 Å². The molecule has 1 aliphatic rings. The van der Waals surface area contributed by atoms with Crippen LogP contribution in [0.3, 0.4) is 0 Å². The van der Waals surface area contributed by atoms with Gasteiger partial charge in [-0.1, -0.05) is 6.07 Å². The number of nitrogen functional groups attached to an aromatic ring is 1. The summed E-state index contributed by atoms with van der Waals surface area (Å²) in [5.74, 6) is 0.133. The molecule has 20 heavy (non-hydrogen) atoms. The van der Waals surface area contributed by atoms with E-state index in [0.29, 0.717) is 36.7 Å². The van der Waals surface area contributed by atoms with Crippen LogP contribution in [0.1, 0.15) is 17.3 Å². The second-order valence-corrected chi connectivity index (χ2v) is 4.70. The monoisotopic (exact) mass is 277 g/mol. The molecule has 1 aromatic carbocycles. The quantitative estimate of drug-likeness (QED) is 0.820. The summed E-state index contributed by atoms with van der Waals surface area (Å²) in [7, 11) is 1.73. The van der Waals surface area contributed by atoms with Gasteiger partial charge in [-0.25, -0.2) is 0 Å². The Morgan fingerprint density at radius 1 is 1.40 bits per heavy atom. The van der Waals surface area contributed by atoms with Crippen LogP contribution in [0.25, 0.3) is 0 Å². The van der Waals surface area contributed by atoms with Gasteiger partial charge in [0.05, 0.1) is 6.61 Å². The first-order valence-electron chi connectivity index (χ1n) is 6.59. The summed E-state index contributed by atoms with van der Waals surface area (Å²) in [6, 6.07) is 5.12. The van der Waals surface area contributed by atoms with E-state index >= 15 is 0 Å². The molecule has 6 nitrogen and oxygen atoms in total. The van der Waals surface area contributed by atoms with Crippen molar-refractivity contribution in [1.82, 2.24) is 9.80 Å². The number of amides is 2. The van der Waals surface area contributed by atoms with Crippen LogP contribution in [0.5, 0.6) is 5.75 Å². The largest absolute Gasteiger partial charge is 0.493 e. The van der Waals surface area contributed by atoms with Crippen molar-refractivity contribution >= 4 is 17.5 Å². The molecule has 0 saturated carbocycles. The Morgan fingerprint density at radius 3 is 2.80 bits per heavy atom. The van der Waals surface area contributed by atoms with E-state index in [4.69, 9.17) is 10.5 Å². The summed E-state index contributed by atoms with van der Waals surface area (Å²) >= 11 is 0. The van der Waals surface area contributed by atoms with Crippen molar-refractivity contribution in [2.45, 2.75) is 6.92 Å². The maximum Gasteiger partial charge on any atom is 0.260 e. The Labute approximate surface area is 118 Å². The second-order valence-electron chi connectivity index (χ2n) is 4.70. The van der Waals surface area contributed by atoms with E-state index in [1.807, 2.05) is 6.92 Å². The highest BCUT2D eigenvalue weighted by molar-refractivity contribution is 6.03. The zero-order valence-corrected chi connectivity index (χ0v) is 11.8. The molecule has 108 valence electrons. The lowest BCUT2D eigenvalue weighted by atomic mass is 10.1. The smallest absolute Gasteiger partial charge is 0.260 e. The van der Waals surface area contributed by atoms with E-state index in [9.17, 15) is 9.59 Å². The average molecular weight is 277 g/mol. The minimum absolute atomic E-state index is 0.0722. The molecular weight excluding hydrogens is 258 g/mol. The standard InChI is InChI=1S/C14H19N3O3/c1-3-20-11-6-4-5-10(15)13(11)14(19)17-8-7-16(2)12(18)9-17/h4-6H,3,7-9,15H2,1-2H3. The van der Waals surface area contributed by atoms with E-state index < -0.39 is 0 Å². The third kappa shape index (κ3) is 2.68. The molecule has 1 heterocycles. The van der Waals surface area contributed by atoms with Crippen LogP contribution in [-0.4, -0.2) is 54.9 Å². The summed E-state index contributed by atoms with van der Waals surface area (Å²) < 4.78 is 5.45. The number of carbonyl (C=O) groups is 2. The van der Waals surface area contributed by atoms with Gasteiger partial charge in [0.1, 0.15) is 17.9 Å². The molecule has 1 saturated heterocycles. The fourth-order valence-electron chi connectivity index (χ4n) is 2.14. The van der Waals surface area contributed by atoms with Crippen LogP contribution in [-0.2, 0) is 4.79 Å². The summed E-state index contributed by atoms with van der Waals surface area (Å²) in [6.07, 6.45) is 0. The molecule has 0 bridgehead atoms. The molecule has 1 aliphatic heterocycles. The average Bonchev–Trinajstić information content (AvgIpc) is 2.42. The van der Waals surface area contributed by atoms with Crippen molar-refractivity contribution in [3.63, 3.8) is 0 Å². The topological polar surface area (TPSA) is 75.9 Å². The fraction of sp³-hybridized carbons (Fsp3) is 0.429. The van der Waals surface area contributed by atoms with Crippen molar-refractivity contribution in [1.29, 1.82) is 0 Å². The first-order chi connectivity index (χ1) is 9.54. The molecule has 0 aromatic heterocycles. The van der Waals surface area contributed by atoms with Gasteiger partial charge in [-0.3, -0.25) is 9.59 Å². The fourth-order valence-corrected chi connectivity index (χ4v) is 2.14. The van der Waals surface area contributed by atoms with E-state index in [1.165, 1.54) is 4.90 Å². The first kappa shape index (κ1) is 14.2. The predicted molar refractivity (Wildman–Crippen MR) is 75.6 cm³/mol. The number of piperazine rings is 1. The molecule has 0 atom stereocenters. The molecule has 2 N–H and O–H groups in total. The molecule has 0 aliphatic carbocycles. The summed E-state index contributed by atoms with van der Waals surface area (Å²) in [5.41, 5.74) is 6.61. The lowest BCUT2D eigenvalue weighted by Gasteiger charge is -2.32. The third-order valence-electron chi connectivity index (χ3n) is 3.32. The number of carbonyl (C=O) groups excluding carboxylic acids is 2. The van der Waals surface area contributed by atoms with Gasteiger partial charge in [0.25, 0.3) is 5.91 Å². The highest BCUT2D eigenvalue weighted by Crippen LogP contribution is 2.26. The zero-order valence-electron chi connectivity index (χ0n) is 11.8. The number of hydrogen-bond acceptors (Lipinski definition) is 4. The second kappa shape index (κ2) is 5.81. The lowest BCUT2D eigenvalue weighted by Crippen LogP contribution is -2.50. The number of benzene rings is 1. The summed E-state index contributed by atoms with van der Waals surface area (Å²) in [5, 5.41) is 0. The maximum absolute atomic E-state index is 12.6. The number of likely N-dealkylation sites (N-methyl/N-ethyl adjacent to an activating group) is 1. The van der Waals surface area contributed by atoms with Crippen LogP contribution in [0.15, 0.2) is 18.2 Å². The molecule has 1 aromatic rings. The Hall–Kier alpha value is -2.24. The Kier molecular flexibility index (Phi) is 4.12. The molecule has 6 heteroatoms. The molecule has 2 rings (SSSR count). The van der Waals surface area contributed by atoms with Crippen LogP contribution in [0, 0.1) is 0 Å². The van der Waals surface area contributed by atoms with Gasteiger partial charge in [0.15, 0.2) is 0 Å². The van der Waals surface area contributed by atoms with E-state index in [1.54, 1.807) is 30.1 Å². The maximum atomic E-state index is 12.6. The van der Waals surface area contributed by atoms with Crippen molar-refractivity contribution in [3.05, 3.63) is 23.8 Å². The third-order valence-corrected chi connectivity index (χ3v) is 3.32.